The van der Waals surface area contributed by atoms with Gasteiger partial charge in [-0.2, -0.15) is 0 Å². The normalized spacial score (nSPS) is 12.4. The highest BCUT2D eigenvalue weighted by atomic mass is 19.1. The maximum Gasteiger partial charge on any atom is 0.256 e. The first-order chi connectivity index (χ1) is 7.88. The molecule has 0 spiro atoms. The highest BCUT2D eigenvalue weighted by molar-refractivity contribution is 5.94. The van der Waals surface area contributed by atoms with Crippen LogP contribution in [0.25, 0.3) is 0 Å². The van der Waals surface area contributed by atoms with Crippen LogP contribution in [0.5, 0.6) is 0 Å². The first-order valence-corrected chi connectivity index (χ1v) is 5.22. The Kier molecular flexibility index (Phi) is 4.17. The average Bonchev–Trinajstić information content (AvgIpc) is 2.31. The van der Waals surface area contributed by atoms with Gasteiger partial charge in [0.05, 0.1) is 18.2 Å². The molecule has 1 N–H and O–H groups in total. The van der Waals surface area contributed by atoms with E-state index in [2.05, 4.69) is 0 Å². The lowest BCUT2D eigenvalue weighted by atomic mass is 10.1. The summed E-state index contributed by atoms with van der Waals surface area (Å²) in [5, 5.41) is 8.92. The second kappa shape index (κ2) is 5.23. The molecule has 0 bridgehead atoms. The molecular weight excluding hydrogens is 228 g/mol. The lowest BCUT2D eigenvalue weighted by Crippen LogP contribution is -2.37. The largest absolute Gasteiger partial charge is 0.394 e. The summed E-state index contributed by atoms with van der Waals surface area (Å²) < 4.78 is 26.5. The van der Waals surface area contributed by atoms with Gasteiger partial charge in [-0.1, -0.05) is 0 Å². The predicted molar refractivity (Wildman–Crippen MR) is 59.7 cm³/mol. The van der Waals surface area contributed by atoms with Gasteiger partial charge in [0, 0.05) is 13.1 Å². The van der Waals surface area contributed by atoms with E-state index in [-0.39, 0.29) is 17.7 Å². The van der Waals surface area contributed by atoms with Crippen LogP contribution in [0.1, 0.15) is 22.8 Å². The fourth-order valence-corrected chi connectivity index (χ4v) is 1.33. The van der Waals surface area contributed by atoms with E-state index < -0.39 is 23.6 Å². The molecule has 17 heavy (non-hydrogen) atoms. The predicted octanol–water partition coefficient (Wildman–Crippen LogP) is 1.73. The standard InChI is InChI=1S/C12H15F2NO2/c1-7-4-9(11(14)5-10(7)13)12(17)15(3)8(2)6-16/h4-5,8,16H,6H2,1-3H3. The SMILES string of the molecule is Cc1cc(C(=O)N(C)C(C)CO)c(F)cc1F. The molecule has 3 nitrogen and oxygen atoms in total. The summed E-state index contributed by atoms with van der Waals surface area (Å²) >= 11 is 0. The molecule has 1 amide bonds. The summed E-state index contributed by atoms with van der Waals surface area (Å²) in [5.74, 6) is -2.15. The van der Waals surface area contributed by atoms with Gasteiger partial charge in [0.15, 0.2) is 0 Å². The van der Waals surface area contributed by atoms with Crippen LogP contribution >= 0.6 is 0 Å². The van der Waals surface area contributed by atoms with E-state index >= 15 is 0 Å². The molecule has 0 heterocycles. The molecule has 0 radical (unpaired) electrons. The van der Waals surface area contributed by atoms with E-state index in [1.165, 1.54) is 24.9 Å². The van der Waals surface area contributed by atoms with Crippen LogP contribution in [-0.4, -0.2) is 35.6 Å². The Labute approximate surface area is 98.7 Å². The molecule has 0 aliphatic carbocycles. The number of nitrogens with zero attached hydrogens (tertiary/aromatic N) is 1. The molecule has 94 valence electrons. The minimum atomic E-state index is -0.893. The quantitative estimate of drug-likeness (QED) is 0.878. The van der Waals surface area contributed by atoms with E-state index in [9.17, 15) is 13.6 Å². The molecule has 1 rings (SSSR count). The van der Waals surface area contributed by atoms with Gasteiger partial charge >= 0.3 is 0 Å². The fraction of sp³-hybridized carbons (Fsp3) is 0.417. The number of aryl methyl sites for hydroxylation is 1. The van der Waals surface area contributed by atoms with Crippen molar-refractivity contribution in [1.29, 1.82) is 0 Å². The Bertz CT molecular complexity index is 435. The summed E-state index contributed by atoms with van der Waals surface area (Å²) in [6.45, 7) is 2.87. The number of likely N-dealkylation sites (N-methyl/N-ethyl adjacent to an activating group) is 1. The highest BCUT2D eigenvalue weighted by Gasteiger charge is 2.21. The molecule has 1 atom stereocenters. The zero-order valence-corrected chi connectivity index (χ0v) is 10.00. The van der Waals surface area contributed by atoms with E-state index in [0.717, 1.165) is 0 Å². The number of rotatable bonds is 3. The Balaban J connectivity index is 3.08. The minimum absolute atomic E-state index is 0.188. The van der Waals surface area contributed by atoms with Crippen molar-refractivity contribution in [2.75, 3.05) is 13.7 Å². The van der Waals surface area contributed by atoms with Crippen LogP contribution in [0.3, 0.4) is 0 Å². The van der Waals surface area contributed by atoms with Crippen LogP contribution in [0.2, 0.25) is 0 Å². The molecule has 0 aromatic heterocycles. The molecule has 0 saturated heterocycles. The zero-order valence-electron chi connectivity index (χ0n) is 10.00. The maximum absolute atomic E-state index is 13.5. The van der Waals surface area contributed by atoms with Crippen molar-refractivity contribution < 1.29 is 18.7 Å². The van der Waals surface area contributed by atoms with Crippen molar-refractivity contribution in [3.63, 3.8) is 0 Å². The van der Waals surface area contributed by atoms with Gasteiger partial charge in [-0.15, -0.1) is 0 Å². The van der Waals surface area contributed by atoms with Gasteiger partial charge in [-0.05, 0) is 25.5 Å². The number of amides is 1. The molecule has 1 aromatic rings. The minimum Gasteiger partial charge on any atom is -0.394 e. The third kappa shape index (κ3) is 2.79. The molecule has 0 fully saturated rings. The van der Waals surface area contributed by atoms with E-state index in [4.69, 9.17) is 5.11 Å². The smallest absolute Gasteiger partial charge is 0.256 e. The van der Waals surface area contributed by atoms with Crippen LogP contribution in [-0.2, 0) is 0 Å². The molecular formula is C12H15F2NO2. The summed E-state index contributed by atoms with van der Waals surface area (Å²) in [6.07, 6.45) is 0. The summed E-state index contributed by atoms with van der Waals surface area (Å²) in [7, 11) is 1.46. The molecule has 0 aliphatic rings. The average molecular weight is 243 g/mol. The summed E-state index contributed by atoms with van der Waals surface area (Å²) in [6, 6.07) is 1.44. The number of benzene rings is 1. The lowest BCUT2D eigenvalue weighted by Gasteiger charge is -2.23. The van der Waals surface area contributed by atoms with Gasteiger partial charge in [-0.25, -0.2) is 8.78 Å². The third-order valence-electron chi connectivity index (χ3n) is 2.72. The van der Waals surface area contributed by atoms with Crippen molar-refractivity contribution in [2.45, 2.75) is 19.9 Å². The fourth-order valence-electron chi connectivity index (χ4n) is 1.33. The molecule has 1 unspecified atom stereocenters. The summed E-state index contributed by atoms with van der Waals surface area (Å²) in [4.78, 5) is 13.1. The topological polar surface area (TPSA) is 40.5 Å². The van der Waals surface area contributed by atoms with Crippen LogP contribution < -0.4 is 0 Å². The molecule has 1 aromatic carbocycles. The van der Waals surface area contributed by atoms with Crippen LogP contribution in [0.4, 0.5) is 8.78 Å². The Morgan fingerprint density at radius 3 is 2.53 bits per heavy atom. The number of carbonyl (C=O) groups is 1. The van der Waals surface area contributed by atoms with Crippen molar-refractivity contribution >= 4 is 5.91 Å². The second-order valence-corrected chi connectivity index (χ2v) is 4.03. The molecule has 0 saturated carbocycles. The highest BCUT2D eigenvalue weighted by Crippen LogP contribution is 2.16. The van der Waals surface area contributed by atoms with Gasteiger partial charge in [0.2, 0.25) is 0 Å². The molecule has 0 aliphatic heterocycles. The first-order valence-electron chi connectivity index (χ1n) is 5.22. The summed E-state index contributed by atoms with van der Waals surface area (Å²) in [5.41, 5.74) is 0.0199. The van der Waals surface area contributed by atoms with E-state index in [1.807, 2.05) is 0 Å². The van der Waals surface area contributed by atoms with Gasteiger partial charge < -0.3 is 10.0 Å². The Morgan fingerprint density at radius 2 is 2.00 bits per heavy atom. The first kappa shape index (κ1) is 13.6. The van der Waals surface area contributed by atoms with Crippen molar-refractivity contribution in [1.82, 2.24) is 4.90 Å². The van der Waals surface area contributed by atoms with Crippen molar-refractivity contribution in [3.05, 3.63) is 34.9 Å². The number of carbonyl (C=O) groups excluding carboxylic acids is 1. The number of hydrogen-bond donors (Lipinski definition) is 1. The number of aliphatic hydroxyl groups excluding tert-OH is 1. The Morgan fingerprint density at radius 1 is 1.41 bits per heavy atom. The zero-order chi connectivity index (χ0) is 13.2. The van der Waals surface area contributed by atoms with Crippen LogP contribution in [0.15, 0.2) is 12.1 Å². The van der Waals surface area contributed by atoms with E-state index in [1.54, 1.807) is 6.92 Å². The maximum atomic E-state index is 13.5. The third-order valence-corrected chi connectivity index (χ3v) is 2.72. The van der Waals surface area contributed by atoms with Gasteiger partial charge in [-0.3, -0.25) is 4.79 Å². The Hall–Kier alpha value is -1.49. The van der Waals surface area contributed by atoms with Crippen molar-refractivity contribution in [2.24, 2.45) is 0 Å². The monoisotopic (exact) mass is 243 g/mol. The second-order valence-electron chi connectivity index (χ2n) is 4.03. The number of hydrogen-bond acceptors (Lipinski definition) is 2. The van der Waals surface area contributed by atoms with Gasteiger partial charge in [0.25, 0.3) is 5.91 Å². The number of halogens is 2. The molecule has 5 heteroatoms. The number of aliphatic hydroxyl groups is 1. The van der Waals surface area contributed by atoms with Crippen LogP contribution in [0, 0.1) is 18.6 Å². The van der Waals surface area contributed by atoms with E-state index in [0.29, 0.717) is 6.07 Å². The van der Waals surface area contributed by atoms with Crippen molar-refractivity contribution in [3.8, 4) is 0 Å². The lowest BCUT2D eigenvalue weighted by molar-refractivity contribution is 0.0677. The van der Waals surface area contributed by atoms with Gasteiger partial charge in [0.1, 0.15) is 11.6 Å².